The number of aromatic nitrogens is 1. The van der Waals surface area contributed by atoms with Crippen LogP contribution in [0.1, 0.15) is 25.0 Å². The molecule has 0 unspecified atom stereocenters. The topological polar surface area (TPSA) is 37.6 Å². The Bertz CT molecular complexity index is 1180. The maximum Gasteiger partial charge on any atom is 0.266 e. The zero-order valence-electron chi connectivity index (χ0n) is 16.7. The van der Waals surface area contributed by atoms with Gasteiger partial charge in [-0.1, -0.05) is 47.5 Å². The van der Waals surface area contributed by atoms with Gasteiger partial charge in [-0.2, -0.15) is 0 Å². The molecule has 0 radical (unpaired) electrons. The van der Waals surface area contributed by atoms with Crippen LogP contribution in [0.4, 0.5) is 0 Å². The third-order valence-electron chi connectivity index (χ3n) is 4.96. The molecule has 0 atom stereocenters. The summed E-state index contributed by atoms with van der Waals surface area (Å²) >= 11 is 13.9. The van der Waals surface area contributed by atoms with Gasteiger partial charge in [0, 0.05) is 52.3 Å². The van der Waals surface area contributed by atoms with Crippen LogP contribution in [0.15, 0.2) is 58.6 Å². The number of carbonyl (C=O) groups is 1. The molecule has 1 saturated heterocycles. The number of hydrogen-bond donors (Lipinski definition) is 0. The number of carbonyl (C=O) groups excluding carboxylic acids is 1. The van der Waals surface area contributed by atoms with Crippen molar-refractivity contribution in [1.29, 1.82) is 0 Å². The number of aliphatic imine (C=N–C) groups is 1. The Balaban J connectivity index is 1.75. The molecule has 2 aromatic carbocycles. The first-order valence-electron chi connectivity index (χ1n) is 9.79. The molecule has 2 heterocycles. The van der Waals surface area contributed by atoms with Crippen LogP contribution in [0.25, 0.3) is 17.0 Å². The molecule has 0 aliphatic carbocycles. The van der Waals surface area contributed by atoms with Crippen LogP contribution >= 0.6 is 35.0 Å². The van der Waals surface area contributed by atoms with E-state index in [1.165, 1.54) is 11.8 Å². The molecule has 0 spiro atoms. The van der Waals surface area contributed by atoms with Gasteiger partial charge in [0.1, 0.15) is 0 Å². The van der Waals surface area contributed by atoms with Crippen molar-refractivity contribution in [3.8, 4) is 0 Å². The fourth-order valence-electron chi connectivity index (χ4n) is 3.54. The minimum atomic E-state index is 0.00674. The first kappa shape index (κ1) is 21.0. The number of hydrogen-bond acceptors (Lipinski definition) is 3. The minimum Gasteiger partial charge on any atom is -0.342 e. The Morgan fingerprint density at radius 1 is 1.13 bits per heavy atom. The van der Waals surface area contributed by atoms with E-state index in [0.717, 1.165) is 27.2 Å². The molecule has 1 aromatic heterocycles. The number of amides is 1. The number of halogens is 2. The van der Waals surface area contributed by atoms with Crippen LogP contribution in [-0.2, 0) is 11.3 Å². The van der Waals surface area contributed by atoms with Gasteiger partial charge in [-0.3, -0.25) is 14.7 Å². The lowest BCUT2D eigenvalue weighted by Crippen LogP contribution is -2.28. The third-order valence-corrected chi connectivity index (χ3v) is 6.59. The van der Waals surface area contributed by atoms with E-state index in [1.54, 1.807) is 11.0 Å². The maximum atomic E-state index is 12.9. The van der Waals surface area contributed by atoms with Crippen LogP contribution < -0.4 is 0 Å². The predicted molar refractivity (Wildman–Crippen MR) is 128 cm³/mol. The molecule has 1 fully saturated rings. The average molecular weight is 458 g/mol. The van der Waals surface area contributed by atoms with Crippen molar-refractivity contribution in [2.45, 2.75) is 20.4 Å². The molecular weight excluding hydrogens is 437 g/mol. The molecule has 0 saturated carbocycles. The second-order valence-electron chi connectivity index (χ2n) is 6.88. The zero-order chi connectivity index (χ0) is 21.3. The van der Waals surface area contributed by atoms with Crippen LogP contribution in [0.5, 0.6) is 0 Å². The van der Waals surface area contributed by atoms with Crippen LogP contribution in [-0.4, -0.2) is 33.6 Å². The van der Waals surface area contributed by atoms with Gasteiger partial charge in [-0.15, -0.1) is 0 Å². The van der Waals surface area contributed by atoms with Gasteiger partial charge in [0.05, 0.1) is 4.91 Å². The zero-order valence-corrected chi connectivity index (χ0v) is 19.1. The molecule has 1 amide bonds. The van der Waals surface area contributed by atoms with Gasteiger partial charge in [0.15, 0.2) is 5.17 Å². The van der Waals surface area contributed by atoms with E-state index in [9.17, 15) is 4.79 Å². The highest BCUT2D eigenvalue weighted by atomic mass is 35.5. The van der Waals surface area contributed by atoms with E-state index in [4.69, 9.17) is 23.2 Å². The lowest BCUT2D eigenvalue weighted by Gasteiger charge is -2.11. The van der Waals surface area contributed by atoms with Crippen LogP contribution in [0, 0.1) is 0 Å². The van der Waals surface area contributed by atoms with E-state index in [2.05, 4.69) is 27.9 Å². The lowest BCUT2D eigenvalue weighted by atomic mass is 10.1. The molecule has 154 valence electrons. The number of rotatable bonds is 5. The Morgan fingerprint density at radius 2 is 1.93 bits per heavy atom. The smallest absolute Gasteiger partial charge is 0.266 e. The summed E-state index contributed by atoms with van der Waals surface area (Å²) in [7, 11) is 0. The lowest BCUT2D eigenvalue weighted by molar-refractivity contribution is -0.122. The molecular formula is C23H21Cl2N3OS. The van der Waals surface area contributed by atoms with E-state index in [-0.39, 0.29) is 5.91 Å². The molecule has 3 aromatic rings. The average Bonchev–Trinajstić information content (AvgIpc) is 3.22. The summed E-state index contributed by atoms with van der Waals surface area (Å²) in [6.45, 7) is 5.82. The summed E-state index contributed by atoms with van der Waals surface area (Å²) in [5, 5.41) is 3.12. The monoisotopic (exact) mass is 457 g/mol. The number of para-hydroxylation sites is 1. The van der Waals surface area contributed by atoms with Crippen molar-refractivity contribution >= 4 is 63.0 Å². The molecule has 1 aliphatic heterocycles. The number of fused-ring (bicyclic) bond motifs is 1. The van der Waals surface area contributed by atoms with Gasteiger partial charge in [-0.25, -0.2) is 0 Å². The Kier molecular flexibility index (Phi) is 6.23. The van der Waals surface area contributed by atoms with E-state index < -0.39 is 0 Å². The van der Waals surface area contributed by atoms with Crippen LogP contribution in [0.2, 0.25) is 10.0 Å². The number of nitrogens with zero attached hydrogens (tertiary/aromatic N) is 3. The van der Waals surface area contributed by atoms with Gasteiger partial charge in [0.2, 0.25) is 0 Å². The highest BCUT2D eigenvalue weighted by Crippen LogP contribution is 2.34. The Labute approximate surface area is 190 Å². The van der Waals surface area contributed by atoms with E-state index in [1.807, 2.05) is 44.2 Å². The summed E-state index contributed by atoms with van der Waals surface area (Å²) in [4.78, 5) is 19.7. The molecule has 30 heavy (non-hydrogen) atoms. The molecule has 4 rings (SSSR count). The standard InChI is InChI=1S/C23H21Cl2N3OS/c1-3-26-23-28(4-2)22(29)21(30-23)11-16-14-27(20-8-6-5-7-18(16)20)13-15-9-10-17(24)12-19(15)25/h5-12,14H,3-4,13H2,1-2H3/b21-11+,26-23?. The first-order valence-corrected chi connectivity index (χ1v) is 11.4. The third kappa shape index (κ3) is 4.02. The number of likely N-dealkylation sites (N-methyl/N-ethyl adjacent to an activating group) is 1. The second-order valence-corrected chi connectivity index (χ2v) is 8.73. The van der Waals surface area contributed by atoms with Gasteiger partial charge in [-0.05, 0) is 55.4 Å². The fourth-order valence-corrected chi connectivity index (χ4v) is 5.10. The summed E-state index contributed by atoms with van der Waals surface area (Å²) < 4.78 is 2.15. The molecule has 7 heteroatoms. The quantitative estimate of drug-likeness (QED) is 0.421. The molecule has 4 nitrogen and oxygen atoms in total. The van der Waals surface area contributed by atoms with Gasteiger partial charge >= 0.3 is 0 Å². The second kappa shape index (κ2) is 8.88. The summed E-state index contributed by atoms with van der Waals surface area (Å²) in [6.07, 6.45) is 4.04. The summed E-state index contributed by atoms with van der Waals surface area (Å²) in [6, 6.07) is 13.7. The fraction of sp³-hybridized carbons (Fsp3) is 0.217. The summed E-state index contributed by atoms with van der Waals surface area (Å²) in [5.74, 6) is 0.00674. The summed E-state index contributed by atoms with van der Waals surface area (Å²) in [5.41, 5.74) is 3.07. The van der Waals surface area contributed by atoms with E-state index in [0.29, 0.717) is 34.6 Å². The SMILES string of the molecule is CCN=C1S/C(=C/c2cn(Cc3ccc(Cl)cc3Cl)c3ccccc23)C(=O)N1CC. The Hall–Kier alpha value is -2.21. The van der Waals surface area contributed by atoms with Gasteiger partial charge in [0.25, 0.3) is 5.91 Å². The molecule has 1 aliphatic rings. The predicted octanol–water partition coefficient (Wildman–Crippen LogP) is 6.31. The molecule has 0 N–H and O–H groups in total. The van der Waals surface area contributed by atoms with Crippen molar-refractivity contribution in [3.05, 3.63) is 74.7 Å². The number of amidine groups is 1. The van der Waals surface area contributed by atoms with Crippen molar-refractivity contribution in [3.63, 3.8) is 0 Å². The van der Waals surface area contributed by atoms with E-state index >= 15 is 0 Å². The van der Waals surface area contributed by atoms with Crippen molar-refractivity contribution < 1.29 is 4.79 Å². The number of thioether (sulfide) groups is 1. The van der Waals surface area contributed by atoms with Crippen molar-refractivity contribution in [2.75, 3.05) is 13.1 Å². The van der Waals surface area contributed by atoms with Crippen LogP contribution in [0.3, 0.4) is 0 Å². The maximum absolute atomic E-state index is 12.9. The van der Waals surface area contributed by atoms with Crippen molar-refractivity contribution in [1.82, 2.24) is 9.47 Å². The van der Waals surface area contributed by atoms with Gasteiger partial charge < -0.3 is 4.57 Å². The first-order chi connectivity index (χ1) is 14.5. The van der Waals surface area contributed by atoms with Crippen molar-refractivity contribution in [2.24, 2.45) is 4.99 Å². The Morgan fingerprint density at radius 3 is 2.67 bits per heavy atom. The minimum absolute atomic E-state index is 0.00674. The normalized spacial score (nSPS) is 17.1. The highest BCUT2D eigenvalue weighted by Gasteiger charge is 2.32. The highest BCUT2D eigenvalue weighted by molar-refractivity contribution is 8.18. The molecule has 0 bridgehead atoms. The largest absolute Gasteiger partial charge is 0.342 e. The number of benzene rings is 2.